The standard InChI is InChI=1S/C22H28N6O5/c1-11(8-12-9-15-18(23)27-22(24)28-19(15)25-10-12)13-2-4-14(5-3-13)20(31)26-16(21(32)33)6-7-17(29)30/h2-5,11-12,16H,6-10H2,1H3,(H,26,31)(H,29,30)(H,32,33)(H5,23,24,25,27,28)/t11?,12?,16-/m0/s1. The fraction of sp³-hybridized carbons (Fsp3) is 0.409. The highest BCUT2D eigenvalue weighted by Gasteiger charge is 2.25. The van der Waals surface area contributed by atoms with Crippen molar-refractivity contribution in [2.45, 2.75) is 44.6 Å². The molecule has 176 valence electrons. The minimum absolute atomic E-state index is 0.145. The topological polar surface area (TPSA) is 194 Å². The van der Waals surface area contributed by atoms with Crippen molar-refractivity contribution in [3.63, 3.8) is 0 Å². The Labute approximate surface area is 190 Å². The Hall–Kier alpha value is -3.89. The summed E-state index contributed by atoms with van der Waals surface area (Å²) in [5.74, 6) is -1.22. The molecule has 0 spiro atoms. The number of carbonyl (C=O) groups is 3. The van der Waals surface area contributed by atoms with E-state index in [2.05, 4.69) is 27.5 Å². The summed E-state index contributed by atoms with van der Waals surface area (Å²) < 4.78 is 0. The number of nitrogens with zero attached hydrogens (tertiary/aromatic N) is 2. The highest BCUT2D eigenvalue weighted by molar-refractivity contribution is 5.96. The van der Waals surface area contributed by atoms with Gasteiger partial charge < -0.3 is 32.3 Å². The van der Waals surface area contributed by atoms with Crippen LogP contribution in [0.3, 0.4) is 0 Å². The van der Waals surface area contributed by atoms with Crippen LogP contribution < -0.4 is 22.1 Å². The van der Waals surface area contributed by atoms with Gasteiger partial charge in [0.05, 0.1) is 0 Å². The second kappa shape index (κ2) is 10.2. The van der Waals surface area contributed by atoms with Crippen LogP contribution in [0.5, 0.6) is 0 Å². The summed E-state index contributed by atoms with van der Waals surface area (Å²) in [5, 5.41) is 23.6. The maximum absolute atomic E-state index is 12.4. The number of carbonyl (C=O) groups excluding carboxylic acids is 1. The number of fused-ring (bicyclic) bond motifs is 1. The number of hydrogen-bond donors (Lipinski definition) is 6. The molecule has 0 fully saturated rings. The van der Waals surface area contributed by atoms with Crippen molar-refractivity contribution in [2.75, 3.05) is 23.3 Å². The van der Waals surface area contributed by atoms with Gasteiger partial charge in [-0.05, 0) is 48.8 Å². The van der Waals surface area contributed by atoms with Crippen LogP contribution in [0.15, 0.2) is 24.3 Å². The highest BCUT2D eigenvalue weighted by Crippen LogP contribution is 2.32. The molecule has 1 amide bonds. The number of amides is 1. The minimum atomic E-state index is -1.27. The van der Waals surface area contributed by atoms with Crippen LogP contribution in [0.4, 0.5) is 17.6 Å². The van der Waals surface area contributed by atoms with Gasteiger partial charge in [-0.25, -0.2) is 4.79 Å². The van der Waals surface area contributed by atoms with E-state index in [-0.39, 0.29) is 24.7 Å². The number of aromatic nitrogens is 2. The van der Waals surface area contributed by atoms with E-state index >= 15 is 0 Å². The van der Waals surface area contributed by atoms with E-state index in [0.717, 1.165) is 30.5 Å². The van der Waals surface area contributed by atoms with Crippen molar-refractivity contribution in [3.05, 3.63) is 41.0 Å². The van der Waals surface area contributed by atoms with Crippen LogP contribution in [0.2, 0.25) is 0 Å². The third-order valence-electron chi connectivity index (χ3n) is 5.79. The number of nitrogens with two attached hydrogens (primary N) is 2. The molecule has 1 aromatic heterocycles. The normalized spacial score (nSPS) is 16.7. The molecule has 0 bridgehead atoms. The predicted molar refractivity (Wildman–Crippen MR) is 122 cm³/mol. The molecule has 2 heterocycles. The maximum Gasteiger partial charge on any atom is 0.326 e. The molecule has 1 aliphatic heterocycles. The average Bonchev–Trinajstić information content (AvgIpc) is 2.76. The SMILES string of the molecule is CC(CC1CNc2nc(N)nc(N)c2C1)c1ccc(C(=O)N[C@@H](CCC(=O)O)C(=O)O)cc1. The van der Waals surface area contributed by atoms with Crippen LogP contribution in [0.1, 0.15) is 53.6 Å². The van der Waals surface area contributed by atoms with Gasteiger partial charge in [0.25, 0.3) is 5.91 Å². The summed E-state index contributed by atoms with van der Waals surface area (Å²) in [6.45, 7) is 2.83. The summed E-state index contributed by atoms with van der Waals surface area (Å²) in [4.78, 5) is 42.6. The van der Waals surface area contributed by atoms with Gasteiger partial charge in [-0.15, -0.1) is 0 Å². The Morgan fingerprint density at radius 2 is 1.88 bits per heavy atom. The van der Waals surface area contributed by atoms with E-state index in [0.29, 0.717) is 23.1 Å². The molecule has 1 aliphatic rings. The molecule has 0 saturated carbocycles. The third-order valence-corrected chi connectivity index (χ3v) is 5.79. The number of carboxylic acids is 2. The first-order chi connectivity index (χ1) is 15.6. The van der Waals surface area contributed by atoms with Gasteiger partial charge in [-0.2, -0.15) is 9.97 Å². The van der Waals surface area contributed by atoms with Gasteiger partial charge in [0.1, 0.15) is 17.7 Å². The monoisotopic (exact) mass is 456 g/mol. The number of aliphatic carboxylic acids is 2. The number of hydrogen-bond acceptors (Lipinski definition) is 8. The molecular weight excluding hydrogens is 428 g/mol. The van der Waals surface area contributed by atoms with E-state index in [4.69, 9.17) is 16.6 Å². The summed E-state index contributed by atoms with van der Waals surface area (Å²) >= 11 is 0. The zero-order valence-electron chi connectivity index (χ0n) is 18.2. The smallest absolute Gasteiger partial charge is 0.326 e. The largest absolute Gasteiger partial charge is 0.481 e. The molecule has 3 rings (SSSR count). The van der Waals surface area contributed by atoms with Crippen molar-refractivity contribution in [3.8, 4) is 0 Å². The van der Waals surface area contributed by atoms with Crippen molar-refractivity contribution in [1.82, 2.24) is 15.3 Å². The van der Waals surface area contributed by atoms with E-state index in [1.54, 1.807) is 12.1 Å². The van der Waals surface area contributed by atoms with E-state index in [1.165, 1.54) is 0 Å². The first-order valence-corrected chi connectivity index (χ1v) is 10.6. The van der Waals surface area contributed by atoms with Crippen LogP contribution in [-0.2, 0) is 16.0 Å². The minimum Gasteiger partial charge on any atom is -0.481 e. The quantitative estimate of drug-likeness (QED) is 0.322. The molecule has 11 heteroatoms. The lowest BCUT2D eigenvalue weighted by Crippen LogP contribution is -2.41. The van der Waals surface area contributed by atoms with Gasteiger partial charge in [-0.3, -0.25) is 9.59 Å². The molecule has 2 unspecified atom stereocenters. The molecular formula is C22H28N6O5. The van der Waals surface area contributed by atoms with Crippen molar-refractivity contribution < 1.29 is 24.6 Å². The summed E-state index contributed by atoms with van der Waals surface area (Å²) in [6.07, 6.45) is 1.08. The van der Waals surface area contributed by atoms with Gasteiger partial charge in [0.2, 0.25) is 5.95 Å². The Morgan fingerprint density at radius 3 is 2.52 bits per heavy atom. The first kappa shape index (κ1) is 23.8. The van der Waals surface area contributed by atoms with E-state index in [9.17, 15) is 19.5 Å². The van der Waals surface area contributed by atoms with Gasteiger partial charge in [0.15, 0.2) is 0 Å². The second-order valence-electron chi connectivity index (χ2n) is 8.30. The van der Waals surface area contributed by atoms with Crippen LogP contribution in [-0.4, -0.2) is 50.6 Å². The molecule has 0 saturated heterocycles. The molecule has 8 N–H and O–H groups in total. The van der Waals surface area contributed by atoms with Gasteiger partial charge in [-0.1, -0.05) is 19.1 Å². The number of rotatable bonds is 9. The lowest BCUT2D eigenvalue weighted by Gasteiger charge is -2.28. The Bertz CT molecular complexity index is 1040. The number of nitrogen functional groups attached to an aromatic ring is 2. The molecule has 33 heavy (non-hydrogen) atoms. The molecule has 3 atom stereocenters. The van der Waals surface area contributed by atoms with Crippen LogP contribution >= 0.6 is 0 Å². The third kappa shape index (κ3) is 6.09. The van der Waals surface area contributed by atoms with Crippen LogP contribution in [0.25, 0.3) is 0 Å². The Balaban J connectivity index is 1.59. The summed E-state index contributed by atoms with van der Waals surface area (Å²) in [5.41, 5.74) is 13.9. The molecule has 2 aromatic rings. The average molecular weight is 457 g/mol. The lowest BCUT2D eigenvalue weighted by molar-refractivity contribution is -0.140. The van der Waals surface area contributed by atoms with Gasteiger partial charge >= 0.3 is 11.9 Å². The molecule has 0 aliphatic carbocycles. The van der Waals surface area contributed by atoms with E-state index in [1.807, 2.05) is 12.1 Å². The Kier molecular flexibility index (Phi) is 7.31. The van der Waals surface area contributed by atoms with Gasteiger partial charge in [0, 0.05) is 24.1 Å². The number of anilines is 3. The van der Waals surface area contributed by atoms with Crippen molar-refractivity contribution in [2.24, 2.45) is 5.92 Å². The van der Waals surface area contributed by atoms with Crippen molar-refractivity contribution in [1.29, 1.82) is 0 Å². The zero-order chi connectivity index (χ0) is 24.1. The number of benzene rings is 1. The van der Waals surface area contributed by atoms with Crippen LogP contribution in [0, 0.1) is 5.92 Å². The zero-order valence-corrected chi connectivity index (χ0v) is 18.2. The first-order valence-electron chi connectivity index (χ1n) is 10.6. The molecule has 11 nitrogen and oxygen atoms in total. The number of nitrogens with one attached hydrogen (secondary N) is 2. The fourth-order valence-electron chi connectivity index (χ4n) is 4.00. The molecule has 1 aromatic carbocycles. The van der Waals surface area contributed by atoms with E-state index < -0.39 is 23.9 Å². The summed E-state index contributed by atoms with van der Waals surface area (Å²) in [7, 11) is 0. The number of carboxylic acid groups (broad SMARTS) is 2. The summed E-state index contributed by atoms with van der Waals surface area (Å²) in [6, 6.07) is 5.70. The lowest BCUT2D eigenvalue weighted by atomic mass is 9.85. The highest BCUT2D eigenvalue weighted by atomic mass is 16.4. The Morgan fingerprint density at radius 1 is 1.18 bits per heavy atom. The second-order valence-corrected chi connectivity index (χ2v) is 8.30. The predicted octanol–water partition coefficient (Wildman–Crippen LogP) is 1.47. The maximum atomic E-state index is 12.4. The molecule has 0 radical (unpaired) electrons. The fourth-order valence-corrected chi connectivity index (χ4v) is 4.00. The van der Waals surface area contributed by atoms with Crippen molar-refractivity contribution >= 4 is 35.4 Å².